The monoisotopic (exact) mass is 329 g/mol. The van der Waals surface area contributed by atoms with Gasteiger partial charge in [0, 0.05) is 23.9 Å². The highest BCUT2D eigenvalue weighted by Gasteiger charge is 2.26. The Morgan fingerprint density at radius 2 is 2.43 bits per heavy atom. The van der Waals surface area contributed by atoms with Crippen molar-refractivity contribution in [3.8, 4) is 6.07 Å². The van der Waals surface area contributed by atoms with Gasteiger partial charge < -0.3 is 4.74 Å². The molecule has 2 atom stereocenters. The molecule has 0 unspecified atom stereocenters. The van der Waals surface area contributed by atoms with E-state index in [4.69, 9.17) is 4.74 Å². The lowest BCUT2D eigenvalue weighted by molar-refractivity contribution is 0.0531. The number of nitriles is 1. The van der Waals surface area contributed by atoms with Gasteiger partial charge in [-0.3, -0.25) is 9.20 Å². The molecule has 2 aromatic heterocycles. The van der Waals surface area contributed by atoms with Crippen LogP contribution in [0.25, 0.3) is 4.96 Å². The molecule has 3 rings (SSSR count). The van der Waals surface area contributed by atoms with Gasteiger partial charge in [-0.1, -0.05) is 23.5 Å². The molecule has 1 aliphatic rings. The number of hydrogen-bond acceptors (Lipinski definition) is 6. The molecule has 0 bridgehead atoms. The zero-order valence-electron chi connectivity index (χ0n) is 12.6. The molecule has 2 heterocycles. The average Bonchev–Trinajstić information content (AvgIpc) is 3.01. The lowest BCUT2D eigenvalue weighted by Crippen LogP contribution is -2.24. The van der Waals surface area contributed by atoms with Crippen LogP contribution in [-0.2, 0) is 4.74 Å². The Hall–Kier alpha value is -2.46. The van der Waals surface area contributed by atoms with Crippen LogP contribution in [0.4, 0.5) is 0 Å². The minimum absolute atomic E-state index is 0.226. The van der Waals surface area contributed by atoms with Crippen molar-refractivity contribution in [3.05, 3.63) is 45.3 Å². The first-order valence-corrected chi connectivity index (χ1v) is 8.21. The van der Waals surface area contributed by atoms with Gasteiger partial charge in [0.1, 0.15) is 4.88 Å². The molecule has 0 N–H and O–H groups in total. The minimum atomic E-state index is -0.462. The lowest BCUT2D eigenvalue weighted by atomic mass is 9.81. The molecule has 0 radical (unpaired) electrons. The van der Waals surface area contributed by atoms with Crippen molar-refractivity contribution < 1.29 is 9.53 Å². The van der Waals surface area contributed by atoms with E-state index in [-0.39, 0.29) is 24.0 Å². The molecule has 1 aliphatic carbocycles. The normalized spacial score (nSPS) is 20.3. The Morgan fingerprint density at radius 1 is 1.61 bits per heavy atom. The second kappa shape index (κ2) is 6.34. The fourth-order valence-electron chi connectivity index (χ4n) is 2.72. The summed E-state index contributed by atoms with van der Waals surface area (Å²) in [6.45, 7) is 2.00. The molecule has 0 aliphatic heterocycles. The van der Waals surface area contributed by atoms with Crippen LogP contribution in [0.5, 0.6) is 0 Å². The summed E-state index contributed by atoms with van der Waals surface area (Å²) in [4.78, 5) is 29.6. The maximum absolute atomic E-state index is 12.7. The van der Waals surface area contributed by atoms with Gasteiger partial charge in [0.15, 0.2) is 4.96 Å². The number of carbonyl (C=O) groups is 1. The molecular weight excluding hydrogens is 314 g/mol. The van der Waals surface area contributed by atoms with E-state index in [0.29, 0.717) is 15.4 Å². The van der Waals surface area contributed by atoms with Crippen LogP contribution in [-0.4, -0.2) is 22.0 Å². The van der Waals surface area contributed by atoms with Crippen molar-refractivity contribution in [2.45, 2.75) is 25.7 Å². The fourth-order valence-corrected chi connectivity index (χ4v) is 3.56. The van der Waals surface area contributed by atoms with Gasteiger partial charge in [0.05, 0.1) is 18.6 Å². The summed E-state index contributed by atoms with van der Waals surface area (Å²) in [5.74, 6) is -0.941. The zero-order valence-corrected chi connectivity index (χ0v) is 13.4. The summed E-state index contributed by atoms with van der Waals surface area (Å²) < 4.78 is 6.32. The predicted octanol–water partition coefficient (Wildman–Crippen LogP) is 2.51. The van der Waals surface area contributed by atoms with Crippen molar-refractivity contribution in [2.24, 2.45) is 5.92 Å². The summed E-state index contributed by atoms with van der Waals surface area (Å²) in [6.07, 6.45) is 8.46. The maximum Gasteiger partial charge on any atom is 0.349 e. The first-order valence-electron chi connectivity index (χ1n) is 7.40. The molecule has 0 fully saturated rings. The summed E-state index contributed by atoms with van der Waals surface area (Å²) in [7, 11) is 0. The number of carbonyl (C=O) groups excluding carboxylic acids is 1. The average molecular weight is 329 g/mol. The smallest absolute Gasteiger partial charge is 0.349 e. The van der Waals surface area contributed by atoms with Crippen molar-refractivity contribution >= 4 is 22.3 Å². The van der Waals surface area contributed by atoms with E-state index >= 15 is 0 Å². The lowest BCUT2D eigenvalue weighted by Gasteiger charge is -2.21. The second-order valence-electron chi connectivity index (χ2n) is 5.25. The number of allylic oxidation sites excluding steroid dienone is 2. The Balaban J connectivity index is 2.07. The molecular formula is C16H15N3O3S. The largest absolute Gasteiger partial charge is 0.462 e. The molecule has 118 valence electrons. The Morgan fingerprint density at radius 3 is 3.17 bits per heavy atom. The predicted molar refractivity (Wildman–Crippen MR) is 85.5 cm³/mol. The van der Waals surface area contributed by atoms with Crippen LogP contribution in [0.2, 0.25) is 0 Å². The van der Waals surface area contributed by atoms with E-state index in [0.717, 1.165) is 24.2 Å². The minimum Gasteiger partial charge on any atom is -0.462 e. The van der Waals surface area contributed by atoms with Crippen LogP contribution in [0.15, 0.2) is 29.3 Å². The fraction of sp³-hybridized carbons (Fsp3) is 0.375. The first-order chi connectivity index (χ1) is 11.2. The van der Waals surface area contributed by atoms with Gasteiger partial charge in [0.2, 0.25) is 0 Å². The Labute approximate surface area is 136 Å². The van der Waals surface area contributed by atoms with Gasteiger partial charge in [-0.25, -0.2) is 9.78 Å². The second-order valence-corrected chi connectivity index (χ2v) is 6.26. The molecule has 0 aromatic carbocycles. The first kappa shape index (κ1) is 15.4. The van der Waals surface area contributed by atoms with Crippen molar-refractivity contribution in [1.82, 2.24) is 9.38 Å². The zero-order chi connectivity index (χ0) is 16.4. The highest BCUT2D eigenvalue weighted by atomic mass is 32.1. The number of fused-ring (bicyclic) bond motifs is 1. The molecule has 2 aromatic rings. The van der Waals surface area contributed by atoms with Gasteiger partial charge in [-0.2, -0.15) is 5.26 Å². The van der Waals surface area contributed by atoms with E-state index < -0.39 is 5.97 Å². The summed E-state index contributed by atoms with van der Waals surface area (Å²) >= 11 is 1.12. The van der Waals surface area contributed by atoms with Crippen LogP contribution in [0.1, 0.15) is 40.9 Å². The number of esters is 1. The van der Waals surface area contributed by atoms with Crippen LogP contribution in [0.3, 0.4) is 0 Å². The molecule has 6 nitrogen and oxygen atoms in total. The Bertz CT molecular complexity index is 875. The maximum atomic E-state index is 12.7. The number of ether oxygens (including phenoxy) is 1. The number of hydrogen-bond donors (Lipinski definition) is 0. The van der Waals surface area contributed by atoms with Gasteiger partial charge in [-0.15, -0.1) is 0 Å². The molecule has 0 amide bonds. The standard InChI is InChI=1S/C16H15N3O3S/c1-2-22-15(21)13-9-19-14(20)12(8-18-16(19)23-13)11-6-4-3-5-10(11)7-17/h4,6,8-11H,2-3,5H2,1H3/t10-,11-/m0/s1. The van der Waals surface area contributed by atoms with E-state index in [2.05, 4.69) is 11.1 Å². The number of aromatic nitrogens is 2. The number of rotatable bonds is 3. The molecule has 0 saturated heterocycles. The van der Waals surface area contributed by atoms with E-state index in [9.17, 15) is 14.9 Å². The third kappa shape index (κ3) is 2.78. The van der Waals surface area contributed by atoms with E-state index in [1.54, 1.807) is 6.92 Å². The molecule has 7 heteroatoms. The van der Waals surface area contributed by atoms with Gasteiger partial charge >= 0.3 is 5.97 Å². The topological polar surface area (TPSA) is 84.5 Å². The van der Waals surface area contributed by atoms with Crippen LogP contribution >= 0.6 is 11.3 Å². The van der Waals surface area contributed by atoms with Gasteiger partial charge in [-0.05, 0) is 19.8 Å². The van der Waals surface area contributed by atoms with E-state index in [1.165, 1.54) is 16.8 Å². The third-order valence-corrected chi connectivity index (χ3v) is 4.83. The van der Waals surface area contributed by atoms with Crippen molar-refractivity contribution in [1.29, 1.82) is 5.26 Å². The SMILES string of the molecule is CCOC(=O)c1cn2c(=O)c([C@H]3C=CCC[C@H]3C#N)cnc2s1. The highest BCUT2D eigenvalue weighted by molar-refractivity contribution is 7.18. The molecule has 0 spiro atoms. The van der Waals surface area contributed by atoms with Gasteiger partial charge in [0.25, 0.3) is 5.56 Å². The third-order valence-electron chi connectivity index (χ3n) is 3.86. The summed E-state index contributed by atoms with van der Waals surface area (Å²) in [5, 5.41) is 9.29. The number of thiazole rings is 1. The van der Waals surface area contributed by atoms with Crippen LogP contribution < -0.4 is 5.56 Å². The number of nitrogens with zero attached hydrogens (tertiary/aromatic N) is 3. The quantitative estimate of drug-likeness (QED) is 0.638. The molecule has 0 saturated carbocycles. The van der Waals surface area contributed by atoms with Crippen LogP contribution in [0, 0.1) is 17.2 Å². The summed E-state index contributed by atoms with van der Waals surface area (Å²) in [6, 6.07) is 2.27. The highest BCUT2D eigenvalue weighted by Crippen LogP contribution is 2.31. The van der Waals surface area contributed by atoms with Crippen molar-refractivity contribution in [3.63, 3.8) is 0 Å². The van der Waals surface area contributed by atoms with Crippen molar-refractivity contribution in [2.75, 3.05) is 6.61 Å². The Kier molecular flexibility index (Phi) is 4.26. The summed E-state index contributed by atoms with van der Waals surface area (Å²) in [5.41, 5.74) is 0.247. The van der Waals surface area contributed by atoms with E-state index in [1.807, 2.05) is 12.2 Å². The molecule has 23 heavy (non-hydrogen) atoms.